The molecule has 162 valence electrons. The Bertz CT molecular complexity index is 1470. The Morgan fingerprint density at radius 2 is 1.55 bits per heavy atom. The molecule has 5 rings (SSSR count). The molecule has 0 bridgehead atoms. The fraction of sp³-hybridized carbons (Fsp3) is 0.0400. The van der Waals surface area contributed by atoms with Crippen LogP contribution >= 0.6 is 11.6 Å². The van der Waals surface area contributed by atoms with Crippen molar-refractivity contribution < 1.29 is 23.5 Å². The quantitative estimate of drug-likeness (QED) is 0.256. The Kier molecular flexibility index (Phi) is 5.03. The number of esters is 1. The van der Waals surface area contributed by atoms with E-state index in [1.54, 1.807) is 36.4 Å². The highest BCUT2D eigenvalue weighted by molar-refractivity contribution is 6.30. The van der Waals surface area contributed by atoms with Gasteiger partial charge in [0.05, 0.1) is 16.5 Å². The summed E-state index contributed by atoms with van der Waals surface area (Å²) in [5.41, 5.74) is 1.17. The number of hydrogen-bond donors (Lipinski definition) is 0. The lowest BCUT2D eigenvalue weighted by atomic mass is 10.1. The maximum absolute atomic E-state index is 12.6. The number of ether oxygens (including phenoxy) is 1. The van der Waals surface area contributed by atoms with Crippen molar-refractivity contribution in [1.82, 2.24) is 4.90 Å². The Morgan fingerprint density at radius 1 is 0.879 bits per heavy atom. The number of benzene rings is 3. The summed E-state index contributed by atoms with van der Waals surface area (Å²) in [7, 11) is 0. The maximum Gasteiger partial charge on any atom is 0.331 e. The van der Waals surface area contributed by atoms with Crippen LogP contribution in [-0.2, 0) is 4.79 Å². The molecule has 0 saturated carbocycles. The van der Waals surface area contributed by atoms with Crippen LogP contribution in [0.2, 0.25) is 5.02 Å². The molecule has 2 heterocycles. The Morgan fingerprint density at radius 3 is 2.21 bits per heavy atom. The molecule has 1 aliphatic heterocycles. The van der Waals surface area contributed by atoms with E-state index in [0.717, 1.165) is 4.90 Å². The average molecular weight is 460 g/mol. The van der Waals surface area contributed by atoms with E-state index >= 15 is 0 Å². The van der Waals surface area contributed by atoms with E-state index in [-0.39, 0.29) is 27.7 Å². The van der Waals surface area contributed by atoms with Gasteiger partial charge in [-0.1, -0.05) is 23.7 Å². The molecule has 1 aliphatic rings. The molecular formula is C25H14ClNO6. The van der Waals surface area contributed by atoms with Crippen LogP contribution in [0.4, 0.5) is 0 Å². The normalized spacial score (nSPS) is 12.8. The van der Waals surface area contributed by atoms with Gasteiger partial charge >= 0.3 is 5.97 Å². The summed E-state index contributed by atoms with van der Waals surface area (Å²) < 4.78 is 11.1. The van der Waals surface area contributed by atoms with Crippen LogP contribution in [-0.4, -0.2) is 29.2 Å². The SMILES string of the molecule is O=C(CN1C(=O)c2ccccc2C1=O)Oc1ccc2oc(-c3ccc(Cl)cc3)cc(=O)c2c1. The second-order valence-corrected chi connectivity index (χ2v) is 7.79. The van der Waals surface area contributed by atoms with Crippen LogP contribution in [0.15, 0.2) is 82.0 Å². The second-order valence-electron chi connectivity index (χ2n) is 7.36. The number of rotatable bonds is 4. The van der Waals surface area contributed by atoms with E-state index < -0.39 is 24.3 Å². The minimum Gasteiger partial charge on any atom is -0.456 e. The molecule has 1 aromatic heterocycles. The summed E-state index contributed by atoms with van der Waals surface area (Å²) in [6.45, 7) is -0.547. The third-order valence-electron chi connectivity index (χ3n) is 5.22. The summed E-state index contributed by atoms with van der Waals surface area (Å²) in [5.74, 6) is -1.45. The van der Waals surface area contributed by atoms with Crippen molar-refractivity contribution in [1.29, 1.82) is 0 Å². The number of imide groups is 1. The van der Waals surface area contributed by atoms with Gasteiger partial charge in [-0.2, -0.15) is 0 Å². The Hall–Kier alpha value is -4.23. The van der Waals surface area contributed by atoms with E-state index in [1.165, 1.54) is 36.4 Å². The molecule has 0 N–H and O–H groups in total. The van der Waals surface area contributed by atoms with E-state index in [9.17, 15) is 19.2 Å². The topological polar surface area (TPSA) is 93.9 Å². The van der Waals surface area contributed by atoms with Crippen molar-refractivity contribution in [3.05, 3.63) is 99.2 Å². The molecule has 0 radical (unpaired) electrons. The van der Waals surface area contributed by atoms with Crippen LogP contribution in [0.1, 0.15) is 20.7 Å². The highest BCUT2D eigenvalue weighted by atomic mass is 35.5. The standard InChI is InChI=1S/C25H14ClNO6/c26-15-7-5-14(6-8-15)22-12-20(28)19-11-16(9-10-21(19)33-22)32-23(29)13-27-24(30)17-3-1-2-4-18(17)25(27)31/h1-12H,13H2. The first-order valence-corrected chi connectivity index (χ1v) is 10.3. The molecule has 0 saturated heterocycles. The molecule has 0 aliphatic carbocycles. The van der Waals surface area contributed by atoms with Gasteiger partial charge in [0.25, 0.3) is 11.8 Å². The van der Waals surface area contributed by atoms with Crippen LogP contribution < -0.4 is 10.2 Å². The van der Waals surface area contributed by atoms with Gasteiger partial charge < -0.3 is 9.15 Å². The predicted molar refractivity (Wildman–Crippen MR) is 120 cm³/mol. The third-order valence-corrected chi connectivity index (χ3v) is 5.48. The fourth-order valence-electron chi connectivity index (χ4n) is 3.63. The maximum atomic E-state index is 12.6. The smallest absolute Gasteiger partial charge is 0.331 e. The third kappa shape index (κ3) is 3.79. The van der Waals surface area contributed by atoms with Gasteiger partial charge in [-0.15, -0.1) is 0 Å². The molecule has 7 nitrogen and oxygen atoms in total. The largest absolute Gasteiger partial charge is 0.456 e. The fourth-order valence-corrected chi connectivity index (χ4v) is 3.76. The summed E-state index contributed by atoms with van der Waals surface area (Å²) in [6.07, 6.45) is 0. The number of hydrogen-bond acceptors (Lipinski definition) is 6. The lowest BCUT2D eigenvalue weighted by molar-refractivity contribution is -0.134. The van der Waals surface area contributed by atoms with Gasteiger partial charge in [-0.25, -0.2) is 4.79 Å². The average Bonchev–Trinajstić information content (AvgIpc) is 3.05. The monoisotopic (exact) mass is 459 g/mol. The summed E-state index contributed by atoms with van der Waals surface area (Å²) in [4.78, 5) is 50.7. The summed E-state index contributed by atoms with van der Waals surface area (Å²) in [5, 5.41) is 0.785. The molecule has 0 atom stereocenters. The highest BCUT2D eigenvalue weighted by Crippen LogP contribution is 2.26. The zero-order valence-corrected chi connectivity index (χ0v) is 17.7. The van der Waals surface area contributed by atoms with Crippen molar-refractivity contribution in [2.45, 2.75) is 0 Å². The first-order chi connectivity index (χ1) is 15.9. The van der Waals surface area contributed by atoms with Crippen LogP contribution in [0.5, 0.6) is 5.75 Å². The molecule has 3 aromatic carbocycles. The molecule has 0 fully saturated rings. The lowest BCUT2D eigenvalue weighted by Crippen LogP contribution is -2.36. The van der Waals surface area contributed by atoms with Gasteiger partial charge in [0, 0.05) is 16.7 Å². The number of carbonyl (C=O) groups excluding carboxylic acids is 3. The second kappa shape index (κ2) is 8.03. The predicted octanol–water partition coefficient (Wildman–Crippen LogP) is 4.32. The van der Waals surface area contributed by atoms with E-state index in [1.807, 2.05) is 0 Å². The first-order valence-electron chi connectivity index (χ1n) is 9.90. The van der Waals surface area contributed by atoms with E-state index in [4.69, 9.17) is 20.8 Å². The molecule has 0 unspecified atom stereocenters. The van der Waals surface area contributed by atoms with Crippen molar-refractivity contribution in [2.24, 2.45) is 0 Å². The number of halogens is 1. The van der Waals surface area contributed by atoms with E-state index in [2.05, 4.69) is 0 Å². The van der Waals surface area contributed by atoms with Gasteiger partial charge in [-0.3, -0.25) is 19.3 Å². The number of carbonyl (C=O) groups is 3. The first kappa shape index (κ1) is 20.7. The number of nitrogens with zero attached hydrogens (tertiary/aromatic N) is 1. The Balaban J connectivity index is 1.36. The van der Waals surface area contributed by atoms with Gasteiger partial charge in [0.15, 0.2) is 5.43 Å². The summed E-state index contributed by atoms with van der Waals surface area (Å²) >= 11 is 5.90. The molecule has 8 heteroatoms. The summed E-state index contributed by atoms with van der Waals surface area (Å²) in [6, 6.07) is 18.9. The van der Waals surface area contributed by atoms with Gasteiger partial charge in [0.2, 0.25) is 0 Å². The lowest BCUT2D eigenvalue weighted by Gasteiger charge is -2.13. The van der Waals surface area contributed by atoms with Gasteiger partial charge in [0.1, 0.15) is 23.6 Å². The van der Waals surface area contributed by atoms with E-state index in [0.29, 0.717) is 21.9 Å². The van der Waals surface area contributed by atoms with Crippen LogP contribution in [0.25, 0.3) is 22.3 Å². The number of fused-ring (bicyclic) bond motifs is 2. The Labute approximate surface area is 191 Å². The molecular weight excluding hydrogens is 446 g/mol. The van der Waals surface area contributed by atoms with Crippen molar-refractivity contribution >= 4 is 40.4 Å². The van der Waals surface area contributed by atoms with Gasteiger partial charge in [-0.05, 0) is 54.6 Å². The van der Waals surface area contributed by atoms with Crippen LogP contribution in [0, 0.1) is 0 Å². The zero-order valence-electron chi connectivity index (χ0n) is 16.9. The van der Waals surface area contributed by atoms with Crippen molar-refractivity contribution in [3.63, 3.8) is 0 Å². The minimum absolute atomic E-state index is 0.0932. The van der Waals surface area contributed by atoms with Crippen LogP contribution in [0.3, 0.4) is 0 Å². The molecule has 0 spiro atoms. The van der Waals surface area contributed by atoms with Crippen molar-refractivity contribution in [3.8, 4) is 17.1 Å². The molecule has 2 amide bonds. The molecule has 4 aromatic rings. The molecule has 33 heavy (non-hydrogen) atoms. The van der Waals surface area contributed by atoms with Crippen molar-refractivity contribution in [2.75, 3.05) is 6.54 Å². The highest BCUT2D eigenvalue weighted by Gasteiger charge is 2.36. The number of amides is 2. The minimum atomic E-state index is -0.814. The zero-order chi connectivity index (χ0) is 23.1.